The zero-order valence-corrected chi connectivity index (χ0v) is 9.68. The lowest BCUT2D eigenvalue weighted by molar-refractivity contribution is 0.581. The number of hydrogen-bond donors (Lipinski definition) is 0. The Balaban J connectivity index is 2.42. The molecule has 1 heteroatoms. The molecule has 2 rings (SSSR count). The van der Waals surface area contributed by atoms with Crippen LogP contribution in [0.5, 0.6) is 0 Å². The van der Waals surface area contributed by atoms with Crippen molar-refractivity contribution in [3.05, 3.63) is 34.3 Å². The number of rotatable bonds is 1. The molecule has 1 fully saturated rings. The molecule has 0 heterocycles. The molecule has 1 aromatic rings. The van der Waals surface area contributed by atoms with Crippen LogP contribution in [0.4, 0.5) is 0 Å². The van der Waals surface area contributed by atoms with Gasteiger partial charge in [0.2, 0.25) is 0 Å². The van der Waals surface area contributed by atoms with Gasteiger partial charge in [0.25, 0.3) is 0 Å². The van der Waals surface area contributed by atoms with E-state index < -0.39 is 0 Å². The van der Waals surface area contributed by atoms with Crippen molar-refractivity contribution in [3.8, 4) is 12.3 Å². The van der Waals surface area contributed by atoms with Gasteiger partial charge in [-0.15, -0.1) is 6.42 Å². The highest BCUT2D eigenvalue weighted by Crippen LogP contribution is 2.40. The lowest BCUT2D eigenvalue weighted by Crippen LogP contribution is -2.18. The molecule has 72 valence electrons. The molecule has 1 saturated carbocycles. The van der Waals surface area contributed by atoms with E-state index in [0.29, 0.717) is 0 Å². The molecule has 0 unspecified atom stereocenters. The van der Waals surface area contributed by atoms with Crippen LogP contribution >= 0.6 is 15.9 Å². The molecule has 1 aromatic carbocycles. The summed E-state index contributed by atoms with van der Waals surface area (Å²) in [6, 6.07) is 8.42. The Hall–Kier alpha value is -0.740. The van der Waals surface area contributed by atoms with E-state index in [1.165, 1.54) is 18.4 Å². The maximum Gasteiger partial charge on any atom is 0.0560 e. The molecule has 0 saturated heterocycles. The highest BCUT2D eigenvalue weighted by atomic mass is 79.9. The van der Waals surface area contributed by atoms with Crippen molar-refractivity contribution in [1.29, 1.82) is 0 Å². The molecule has 0 amide bonds. The second-order valence-corrected chi connectivity index (χ2v) is 4.86. The minimum atomic E-state index is 0.0176. The van der Waals surface area contributed by atoms with Gasteiger partial charge in [-0.05, 0) is 30.5 Å². The fourth-order valence-corrected chi connectivity index (χ4v) is 2.68. The molecular formula is C13H13Br. The molecule has 1 aliphatic rings. The van der Waals surface area contributed by atoms with Crippen LogP contribution in [-0.4, -0.2) is 0 Å². The van der Waals surface area contributed by atoms with Gasteiger partial charge < -0.3 is 0 Å². The van der Waals surface area contributed by atoms with Crippen LogP contribution in [0.2, 0.25) is 0 Å². The molecule has 0 radical (unpaired) electrons. The summed E-state index contributed by atoms with van der Waals surface area (Å²) in [7, 11) is 0. The van der Waals surface area contributed by atoms with Crippen molar-refractivity contribution in [2.45, 2.75) is 31.1 Å². The Morgan fingerprint density at radius 2 is 2.00 bits per heavy atom. The molecule has 0 aliphatic heterocycles. The summed E-state index contributed by atoms with van der Waals surface area (Å²) in [5.74, 6) is 3.00. The van der Waals surface area contributed by atoms with Gasteiger partial charge in [0.05, 0.1) is 5.41 Å². The van der Waals surface area contributed by atoms with E-state index >= 15 is 0 Å². The van der Waals surface area contributed by atoms with E-state index in [1.807, 2.05) is 6.07 Å². The van der Waals surface area contributed by atoms with E-state index in [1.54, 1.807) is 0 Å². The summed E-state index contributed by atoms with van der Waals surface area (Å²) in [6.45, 7) is 0. The molecular weight excluding hydrogens is 236 g/mol. The highest BCUT2D eigenvalue weighted by molar-refractivity contribution is 9.10. The largest absolute Gasteiger partial charge is 0.119 e. The lowest BCUT2D eigenvalue weighted by atomic mass is 9.80. The maximum atomic E-state index is 5.69. The third kappa shape index (κ3) is 1.60. The summed E-state index contributed by atoms with van der Waals surface area (Å²) < 4.78 is 1.12. The van der Waals surface area contributed by atoms with Crippen LogP contribution in [-0.2, 0) is 5.41 Å². The third-order valence-corrected chi connectivity index (χ3v) is 3.60. The topological polar surface area (TPSA) is 0 Å². The number of terminal acetylenes is 1. The smallest absolute Gasteiger partial charge is 0.0560 e. The van der Waals surface area contributed by atoms with Crippen molar-refractivity contribution >= 4 is 15.9 Å². The zero-order valence-electron chi connectivity index (χ0n) is 8.09. The van der Waals surface area contributed by atoms with E-state index in [9.17, 15) is 0 Å². The minimum Gasteiger partial charge on any atom is -0.119 e. The van der Waals surface area contributed by atoms with Crippen LogP contribution in [0.3, 0.4) is 0 Å². The van der Waals surface area contributed by atoms with E-state index in [4.69, 9.17) is 6.42 Å². The predicted octanol–water partition coefficient (Wildman–Crippen LogP) is 3.89. The highest BCUT2D eigenvalue weighted by Gasteiger charge is 2.33. The average Bonchev–Trinajstić information content (AvgIpc) is 2.67. The van der Waals surface area contributed by atoms with E-state index in [2.05, 4.69) is 40.0 Å². The first kappa shape index (κ1) is 9.80. The molecule has 1 aliphatic carbocycles. The fourth-order valence-electron chi connectivity index (χ4n) is 2.28. The Morgan fingerprint density at radius 1 is 1.29 bits per heavy atom. The molecule has 0 aromatic heterocycles. The predicted molar refractivity (Wildman–Crippen MR) is 63.1 cm³/mol. The molecule has 14 heavy (non-hydrogen) atoms. The minimum absolute atomic E-state index is 0.0176. The Kier molecular flexibility index (Phi) is 2.65. The number of halogens is 1. The summed E-state index contributed by atoms with van der Waals surface area (Å²) in [6.07, 6.45) is 10.5. The summed E-state index contributed by atoms with van der Waals surface area (Å²) in [4.78, 5) is 0. The van der Waals surface area contributed by atoms with Gasteiger partial charge in [0.15, 0.2) is 0 Å². The van der Waals surface area contributed by atoms with Crippen LogP contribution in [0, 0.1) is 12.3 Å². The Bertz CT molecular complexity index is 367. The quantitative estimate of drug-likeness (QED) is 0.662. The van der Waals surface area contributed by atoms with Gasteiger partial charge in [-0.2, -0.15) is 0 Å². The number of hydrogen-bond acceptors (Lipinski definition) is 0. The maximum absolute atomic E-state index is 5.69. The average molecular weight is 249 g/mol. The fraction of sp³-hybridized carbons (Fsp3) is 0.385. The molecule has 0 N–H and O–H groups in total. The SMILES string of the molecule is C#CC1(c2cccc(Br)c2)CCCC1. The second-order valence-electron chi connectivity index (χ2n) is 3.94. The summed E-state index contributed by atoms with van der Waals surface area (Å²) >= 11 is 3.49. The van der Waals surface area contributed by atoms with Crippen molar-refractivity contribution in [2.75, 3.05) is 0 Å². The van der Waals surface area contributed by atoms with Crippen LogP contribution in [0.1, 0.15) is 31.2 Å². The molecule has 0 atom stereocenters. The zero-order chi connectivity index (χ0) is 10.0. The van der Waals surface area contributed by atoms with Gasteiger partial charge in [0, 0.05) is 4.47 Å². The Morgan fingerprint density at radius 3 is 2.57 bits per heavy atom. The first-order valence-electron chi connectivity index (χ1n) is 5.01. The normalized spacial score (nSPS) is 19.1. The van der Waals surface area contributed by atoms with Crippen molar-refractivity contribution in [1.82, 2.24) is 0 Å². The Labute approximate surface area is 93.8 Å². The van der Waals surface area contributed by atoms with Crippen molar-refractivity contribution < 1.29 is 0 Å². The van der Waals surface area contributed by atoms with Crippen LogP contribution in [0.25, 0.3) is 0 Å². The van der Waals surface area contributed by atoms with Gasteiger partial charge in [-0.3, -0.25) is 0 Å². The molecule has 0 bridgehead atoms. The lowest BCUT2D eigenvalue weighted by Gasteiger charge is -2.23. The summed E-state index contributed by atoms with van der Waals surface area (Å²) in [5, 5.41) is 0. The van der Waals surface area contributed by atoms with Gasteiger partial charge in [0.1, 0.15) is 0 Å². The standard InChI is InChI=1S/C13H13Br/c1-2-13(8-3-4-9-13)11-6-5-7-12(14)10-11/h1,5-7,10H,3-4,8-9H2. The summed E-state index contributed by atoms with van der Waals surface area (Å²) in [5.41, 5.74) is 1.32. The monoisotopic (exact) mass is 248 g/mol. The van der Waals surface area contributed by atoms with Crippen LogP contribution in [0.15, 0.2) is 28.7 Å². The third-order valence-electron chi connectivity index (χ3n) is 3.11. The van der Waals surface area contributed by atoms with Gasteiger partial charge in [-0.1, -0.05) is 46.8 Å². The first-order valence-corrected chi connectivity index (χ1v) is 5.80. The van der Waals surface area contributed by atoms with E-state index in [0.717, 1.165) is 17.3 Å². The van der Waals surface area contributed by atoms with E-state index in [-0.39, 0.29) is 5.41 Å². The number of benzene rings is 1. The molecule has 0 spiro atoms. The van der Waals surface area contributed by atoms with Crippen LogP contribution < -0.4 is 0 Å². The van der Waals surface area contributed by atoms with Gasteiger partial charge >= 0.3 is 0 Å². The molecule has 0 nitrogen and oxygen atoms in total. The van der Waals surface area contributed by atoms with Crippen molar-refractivity contribution in [2.24, 2.45) is 0 Å². The second kappa shape index (κ2) is 3.79. The van der Waals surface area contributed by atoms with Gasteiger partial charge in [-0.25, -0.2) is 0 Å². The first-order chi connectivity index (χ1) is 6.77. The van der Waals surface area contributed by atoms with Crippen molar-refractivity contribution in [3.63, 3.8) is 0 Å².